The number of carboxylic acid groups (broad SMARTS) is 1. The van der Waals surface area contributed by atoms with Crippen LogP contribution in [0.4, 0.5) is 0 Å². The predicted molar refractivity (Wildman–Crippen MR) is 118 cm³/mol. The van der Waals surface area contributed by atoms with Gasteiger partial charge >= 0.3 is 5.97 Å². The molecule has 0 saturated carbocycles. The number of carbonyl (C=O) groups excluding carboxylic acids is 2. The van der Waals surface area contributed by atoms with Crippen LogP contribution in [0.25, 0.3) is 0 Å². The number of likely N-dealkylation sites (tertiary alicyclic amines) is 1. The highest BCUT2D eigenvalue weighted by atomic mass is 79.9. The lowest BCUT2D eigenvalue weighted by Crippen LogP contribution is -2.59. The molecule has 0 aromatic carbocycles. The van der Waals surface area contributed by atoms with Gasteiger partial charge in [-0.3, -0.25) is 14.4 Å². The van der Waals surface area contributed by atoms with Crippen molar-refractivity contribution >= 4 is 33.7 Å². The molecule has 3 aliphatic heterocycles. The van der Waals surface area contributed by atoms with E-state index >= 15 is 0 Å². The number of aliphatic hydroxyl groups is 1. The van der Waals surface area contributed by atoms with Crippen molar-refractivity contribution in [2.45, 2.75) is 74.6 Å². The molecule has 0 aromatic heterocycles. The first-order chi connectivity index (χ1) is 14.8. The van der Waals surface area contributed by atoms with E-state index in [1.165, 1.54) is 4.90 Å². The van der Waals surface area contributed by atoms with Crippen molar-refractivity contribution in [2.75, 3.05) is 19.7 Å². The molecule has 2 amide bonds. The fourth-order valence-electron chi connectivity index (χ4n) is 5.61. The van der Waals surface area contributed by atoms with E-state index in [0.717, 1.165) is 19.3 Å². The number of aliphatic hydroxyl groups excluding tert-OH is 1. The fourth-order valence-corrected chi connectivity index (χ4v) is 6.55. The van der Waals surface area contributed by atoms with Crippen LogP contribution < -0.4 is 0 Å². The zero-order valence-corrected chi connectivity index (χ0v) is 19.8. The minimum Gasteiger partial charge on any atom is -0.481 e. The molecule has 31 heavy (non-hydrogen) atoms. The lowest BCUT2D eigenvalue weighted by molar-refractivity contribution is -0.153. The summed E-state index contributed by atoms with van der Waals surface area (Å²) in [7, 11) is 0. The summed E-state index contributed by atoms with van der Waals surface area (Å²) in [5, 5.41) is 19.9. The average Bonchev–Trinajstić information content (AvgIpc) is 3.32. The van der Waals surface area contributed by atoms with E-state index in [2.05, 4.69) is 29.4 Å². The maximum absolute atomic E-state index is 13.9. The molecule has 3 fully saturated rings. The van der Waals surface area contributed by atoms with Gasteiger partial charge in [-0.1, -0.05) is 48.7 Å². The van der Waals surface area contributed by atoms with Gasteiger partial charge in [0.1, 0.15) is 11.6 Å². The minimum absolute atomic E-state index is 0.255. The van der Waals surface area contributed by atoms with Gasteiger partial charge < -0.3 is 24.7 Å². The summed E-state index contributed by atoms with van der Waals surface area (Å²) in [5.41, 5.74) is -1.21. The summed E-state index contributed by atoms with van der Waals surface area (Å²) in [6.07, 6.45) is 4.63. The second-order valence-electron chi connectivity index (χ2n) is 8.77. The van der Waals surface area contributed by atoms with E-state index in [4.69, 9.17) is 4.74 Å². The van der Waals surface area contributed by atoms with Gasteiger partial charge in [0.2, 0.25) is 11.8 Å². The summed E-state index contributed by atoms with van der Waals surface area (Å²) in [6, 6.07) is -1.54. The summed E-state index contributed by atoms with van der Waals surface area (Å²) >= 11 is 3.53. The van der Waals surface area contributed by atoms with Gasteiger partial charge in [-0.15, -0.1) is 6.58 Å². The Labute approximate surface area is 191 Å². The molecule has 174 valence electrons. The molecule has 3 rings (SSSR count). The van der Waals surface area contributed by atoms with Gasteiger partial charge in [0, 0.05) is 17.9 Å². The highest BCUT2D eigenvalue weighted by molar-refractivity contribution is 9.09. The zero-order chi connectivity index (χ0) is 22.9. The highest BCUT2D eigenvalue weighted by Gasteiger charge is 2.77. The van der Waals surface area contributed by atoms with Crippen LogP contribution in [-0.4, -0.2) is 86.1 Å². The first-order valence-electron chi connectivity index (χ1n) is 11.2. The summed E-state index contributed by atoms with van der Waals surface area (Å²) in [5.74, 6) is -3.70. The molecule has 1 spiro atoms. The third-order valence-electron chi connectivity index (χ3n) is 7.01. The molecule has 0 radical (unpaired) electrons. The lowest BCUT2D eigenvalue weighted by Gasteiger charge is -2.39. The smallest absolute Gasteiger partial charge is 0.310 e. The number of rotatable bonds is 11. The average molecular weight is 501 g/mol. The lowest BCUT2D eigenvalue weighted by atomic mass is 9.70. The summed E-state index contributed by atoms with van der Waals surface area (Å²) in [6.45, 7) is 8.25. The van der Waals surface area contributed by atoms with Crippen molar-refractivity contribution in [1.29, 1.82) is 0 Å². The highest BCUT2D eigenvalue weighted by Crippen LogP contribution is 2.60. The number of carbonyl (C=O) groups is 3. The first-order valence-corrected chi connectivity index (χ1v) is 12.1. The quantitative estimate of drug-likeness (QED) is 0.254. The van der Waals surface area contributed by atoms with Crippen LogP contribution in [0.15, 0.2) is 12.7 Å². The number of hydrogen-bond donors (Lipinski definition) is 2. The van der Waals surface area contributed by atoms with E-state index in [9.17, 15) is 24.6 Å². The maximum Gasteiger partial charge on any atom is 0.310 e. The molecule has 8 nitrogen and oxygen atoms in total. The van der Waals surface area contributed by atoms with Gasteiger partial charge in [-0.2, -0.15) is 0 Å². The number of unbranched alkanes of at least 4 members (excludes halogenated alkanes) is 2. The minimum atomic E-state index is -1.21. The molecule has 0 aromatic rings. The molecule has 7 atom stereocenters. The Balaban J connectivity index is 2.05. The van der Waals surface area contributed by atoms with E-state index in [0.29, 0.717) is 25.9 Å². The fraction of sp³-hybridized carbons (Fsp3) is 0.773. The Bertz CT molecular complexity index is 729. The molecule has 3 unspecified atom stereocenters. The van der Waals surface area contributed by atoms with Crippen molar-refractivity contribution in [3.63, 3.8) is 0 Å². The Morgan fingerprint density at radius 1 is 1.42 bits per heavy atom. The predicted octanol–water partition coefficient (Wildman–Crippen LogP) is 1.79. The molecule has 9 heteroatoms. The van der Waals surface area contributed by atoms with Crippen LogP contribution in [-0.2, 0) is 19.1 Å². The van der Waals surface area contributed by atoms with Gasteiger partial charge in [-0.05, 0) is 19.3 Å². The third kappa shape index (κ3) is 3.82. The number of fused-ring (bicyclic) bond motifs is 1. The molecular weight excluding hydrogens is 468 g/mol. The number of alkyl halides is 1. The molecule has 2 bridgehead atoms. The second kappa shape index (κ2) is 9.58. The van der Waals surface area contributed by atoms with Crippen molar-refractivity contribution in [1.82, 2.24) is 9.80 Å². The van der Waals surface area contributed by atoms with Crippen LogP contribution in [0.2, 0.25) is 0 Å². The largest absolute Gasteiger partial charge is 0.481 e. The first kappa shape index (κ1) is 24.2. The standard InChI is InChI=1S/C22H33BrN2O6/c1-4-7-8-10-24(9-5-2)20(28)18-22-11-14(23)17(31-22)15(21(29)30)16(22)19(27)25(18)13(6-3)12-26/h5,13-18,26H,2,4,6-12H2,1,3H3,(H,29,30)/t13-,14?,15-,16-,17-,18?,22?/m0/s1. The Morgan fingerprint density at radius 2 is 2.13 bits per heavy atom. The Morgan fingerprint density at radius 3 is 2.68 bits per heavy atom. The van der Waals surface area contributed by atoms with Crippen LogP contribution in [0.5, 0.6) is 0 Å². The van der Waals surface area contributed by atoms with Crippen molar-refractivity contribution in [3.05, 3.63) is 12.7 Å². The van der Waals surface area contributed by atoms with E-state index in [1.54, 1.807) is 11.0 Å². The van der Waals surface area contributed by atoms with Crippen molar-refractivity contribution < 1.29 is 29.3 Å². The number of hydrogen-bond acceptors (Lipinski definition) is 5. The monoisotopic (exact) mass is 500 g/mol. The Hall–Kier alpha value is -1.45. The summed E-state index contributed by atoms with van der Waals surface area (Å²) in [4.78, 5) is 42.4. The molecule has 2 N–H and O–H groups in total. The normalized spacial score (nSPS) is 34.6. The van der Waals surface area contributed by atoms with Crippen LogP contribution in [0.3, 0.4) is 0 Å². The molecular formula is C22H33BrN2O6. The van der Waals surface area contributed by atoms with Crippen LogP contribution in [0.1, 0.15) is 46.0 Å². The van der Waals surface area contributed by atoms with E-state index in [1.807, 2.05) is 6.92 Å². The van der Waals surface area contributed by atoms with Gasteiger partial charge in [0.15, 0.2) is 0 Å². The molecule has 3 saturated heterocycles. The topological polar surface area (TPSA) is 107 Å². The molecule has 0 aliphatic carbocycles. The van der Waals surface area contributed by atoms with Gasteiger partial charge in [-0.25, -0.2) is 0 Å². The van der Waals surface area contributed by atoms with Crippen molar-refractivity contribution in [3.8, 4) is 0 Å². The zero-order valence-electron chi connectivity index (χ0n) is 18.2. The number of ether oxygens (including phenoxy) is 1. The van der Waals surface area contributed by atoms with E-state index in [-0.39, 0.29) is 17.3 Å². The number of aliphatic carboxylic acids is 1. The third-order valence-corrected chi connectivity index (χ3v) is 7.86. The number of carboxylic acids is 1. The SMILES string of the molecule is C=CCN(CCCCC)C(=O)C1N([C@@H](CC)CO)C(=O)[C@@H]2[C@H](C(=O)O)[C@H]3OC12CC3Br. The number of nitrogens with zero attached hydrogens (tertiary/aromatic N) is 2. The van der Waals surface area contributed by atoms with Gasteiger partial charge in [0.05, 0.1) is 30.6 Å². The Kier molecular flexibility index (Phi) is 7.48. The number of halogens is 1. The van der Waals surface area contributed by atoms with E-state index < -0.39 is 47.5 Å². The van der Waals surface area contributed by atoms with Gasteiger partial charge in [0.25, 0.3) is 0 Å². The second-order valence-corrected chi connectivity index (χ2v) is 9.95. The number of amides is 2. The molecule has 3 heterocycles. The van der Waals surface area contributed by atoms with Crippen LogP contribution in [0, 0.1) is 11.8 Å². The maximum atomic E-state index is 13.9. The van der Waals surface area contributed by atoms with Crippen LogP contribution >= 0.6 is 15.9 Å². The summed E-state index contributed by atoms with van der Waals surface area (Å²) < 4.78 is 6.25. The molecule has 3 aliphatic rings. The van der Waals surface area contributed by atoms with Crippen molar-refractivity contribution in [2.24, 2.45) is 11.8 Å².